The van der Waals surface area contributed by atoms with Crippen LogP contribution in [0.3, 0.4) is 0 Å². The van der Waals surface area contributed by atoms with Crippen molar-refractivity contribution in [2.24, 2.45) is 0 Å². The Morgan fingerprint density at radius 2 is 2.00 bits per heavy atom. The van der Waals surface area contributed by atoms with Crippen molar-refractivity contribution in [2.75, 3.05) is 0 Å². The number of hydrogen-bond donors (Lipinski definition) is 1. The van der Waals surface area contributed by atoms with Crippen molar-refractivity contribution in [2.45, 2.75) is 51.6 Å². The van der Waals surface area contributed by atoms with Crippen LogP contribution in [-0.4, -0.2) is 34.8 Å². The van der Waals surface area contributed by atoms with Gasteiger partial charge in [-0.15, -0.1) is 6.42 Å². The molecule has 0 saturated carbocycles. The predicted octanol–water partition coefficient (Wildman–Crippen LogP) is 1.16. The van der Waals surface area contributed by atoms with Gasteiger partial charge in [0.25, 0.3) is 0 Å². The number of carboxylic acids is 1. The van der Waals surface area contributed by atoms with Gasteiger partial charge in [-0.1, -0.05) is 5.92 Å². The molecular weight excluding hydrogens is 297 g/mol. The normalized spacial score (nSPS) is 19.6. The minimum absolute atomic E-state index is 0.176. The highest BCUT2D eigenvalue weighted by molar-refractivity contribution is 5.87. The molecule has 22 heavy (non-hydrogen) atoms. The Kier molecular flexibility index (Phi) is 4.98. The fourth-order valence-electron chi connectivity index (χ4n) is 2.03. The molecule has 0 spiro atoms. The standard InChI is InChI=1S/C15H19F3N2O2/c1-6-14(4,5)20-8-10(15(16,17)18)7-11(13(21)22)12(20)19-9(2)3/h1,7-9,12,19H,2-5H3,(H,21,22)/p-1. The minimum Gasteiger partial charge on any atom is -0.545 e. The van der Waals surface area contributed by atoms with Gasteiger partial charge in [-0.2, -0.15) is 13.2 Å². The molecule has 0 radical (unpaired) electrons. The molecule has 0 bridgehead atoms. The Labute approximate surface area is 127 Å². The molecule has 0 aromatic heterocycles. The lowest BCUT2D eigenvalue weighted by atomic mass is 9.96. The van der Waals surface area contributed by atoms with E-state index in [0.717, 1.165) is 6.20 Å². The summed E-state index contributed by atoms with van der Waals surface area (Å²) in [5, 5.41) is 14.2. The van der Waals surface area contributed by atoms with Gasteiger partial charge < -0.3 is 14.8 Å². The number of nitrogens with one attached hydrogen (secondary N) is 1. The average molecular weight is 315 g/mol. The molecular formula is C15H18F3N2O2-. The molecule has 0 amide bonds. The average Bonchev–Trinajstić information content (AvgIpc) is 2.36. The van der Waals surface area contributed by atoms with Gasteiger partial charge in [0.05, 0.1) is 17.1 Å². The van der Waals surface area contributed by atoms with Crippen molar-refractivity contribution in [1.29, 1.82) is 0 Å². The molecule has 122 valence electrons. The Morgan fingerprint density at radius 1 is 1.45 bits per heavy atom. The Balaban J connectivity index is 3.47. The van der Waals surface area contributed by atoms with Crippen LogP contribution in [0, 0.1) is 12.3 Å². The summed E-state index contributed by atoms with van der Waals surface area (Å²) < 4.78 is 39.0. The number of carbonyl (C=O) groups is 1. The van der Waals surface area contributed by atoms with Crippen LogP contribution < -0.4 is 10.4 Å². The van der Waals surface area contributed by atoms with Gasteiger partial charge in [-0.05, 0) is 33.8 Å². The summed E-state index contributed by atoms with van der Waals surface area (Å²) in [5.41, 5.74) is -2.72. The second kappa shape index (κ2) is 6.05. The van der Waals surface area contributed by atoms with E-state index in [2.05, 4.69) is 11.2 Å². The quantitative estimate of drug-likeness (QED) is 0.791. The van der Waals surface area contributed by atoms with E-state index in [1.807, 2.05) is 0 Å². The third-order valence-corrected chi connectivity index (χ3v) is 3.21. The summed E-state index contributed by atoms with van der Waals surface area (Å²) >= 11 is 0. The van der Waals surface area contributed by atoms with Crippen molar-refractivity contribution < 1.29 is 23.1 Å². The zero-order valence-corrected chi connectivity index (χ0v) is 12.8. The summed E-state index contributed by atoms with van der Waals surface area (Å²) in [6, 6.07) is -0.176. The Morgan fingerprint density at radius 3 is 2.36 bits per heavy atom. The maximum absolute atomic E-state index is 13.0. The molecule has 1 rings (SSSR count). The molecule has 4 nitrogen and oxygen atoms in total. The minimum atomic E-state index is -4.69. The molecule has 0 aromatic carbocycles. The maximum atomic E-state index is 13.0. The number of halogens is 3. The van der Waals surface area contributed by atoms with Crippen molar-refractivity contribution in [3.8, 4) is 12.3 Å². The number of alkyl halides is 3. The van der Waals surface area contributed by atoms with E-state index in [-0.39, 0.29) is 6.04 Å². The highest BCUT2D eigenvalue weighted by Crippen LogP contribution is 2.34. The van der Waals surface area contributed by atoms with E-state index in [0.29, 0.717) is 6.08 Å². The smallest absolute Gasteiger partial charge is 0.417 e. The molecule has 0 aromatic rings. The molecule has 1 heterocycles. The van der Waals surface area contributed by atoms with E-state index >= 15 is 0 Å². The van der Waals surface area contributed by atoms with Gasteiger partial charge in [0.1, 0.15) is 6.17 Å². The van der Waals surface area contributed by atoms with Crippen molar-refractivity contribution >= 4 is 5.97 Å². The molecule has 7 heteroatoms. The maximum Gasteiger partial charge on any atom is 0.417 e. The monoisotopic (exact) mass is 315 g/mol. The van der Waals surface area contributed by atoms with E-state index < -0.39 is 35.0 Å². The van der Waals surface area contributed by atoms with Crippen LogP contribution >= 0.6 is 0 Å². The van der Waals surface area contributed by atoms with Gasteiger partial charge in [-0.3, -0.25) is 5.32 Å². The Hall–Kier alpha value is -1.94. The van der Waals surface area contributed by atoms with Crippen molar-refractivity contribution in [1.82, 2.24) is 10.2 Å². The van der Waals surface area contributed by atoms with Gasteiger partial charge in [-0.25, -0.2) is 0 Å². The SMILES string of the molecule is C#CC(C)(C)N1C=C(C(F)(F)F)C=C(C(=O)[O-])C1NC(C)C. The van der Waals surface area contributed by atoms with Gasteiger partial charge in [0.2, 0.25) is 0 Å². The lowest BCUT2D eigenvalue weighted by Crippen LogP contribution is -2.58. The van der Waals surface area contributed by atoms with Crippen LogP contribution in [-0.2, 0) is 4.79 Å². The van der Waals surface area contributed by atoms with E-state index in [4.69, 9.17) is 6.42 Å². The first-order valence-electron chi connectivity index (χ1n) is 6.64. The van der Waals surface area contributed by atoms with E-state index in [9.17, 15) is 23.1 Å². The highest BCUT2D eigenvalue weighted by atomic mass is 19.4. The zero-order chi connectivity index (χ0) is 17.3. The molecule has 0 saturated heterocycles. The van der Waals surface area contributed by atoms with Crippen LogP contribution in [0.25, 0.3) is 0 Å². The lowest BCUT2D eigenvalue weighted by molar-refractivity contribution is -0.300. The van der Waals surface area contributed by atoms with Crippen LogP contribution in [0.4, 0.5) is 13.2 Å². The first-order chi connectivity index (χ1) is 9.90. The summed E-state index contributed by atoms with van der Waals surface area (Å²) in [6.45, 7) is 6.56. The number of carbonyl (C=O) groups excluding carboxylic acids is 1. The predicted molar refractivity (Wildman–Crippen MR) is 74.0 cm³/mol. The molecule has 1 N–H and O–H groups in total. The number of hydrogen-bond acceptors (Lipinski definition) is 4. The topological polar surface area (TPSA) is 55.4 Å². The number of carboxylic acid groups (broad SMARTS) is 1. The number of nitrogens with zero attached hydrogens (tertiary/aromatic N) is 1. The van der Waals surface area contributed by atoms with Gasteiger partial charge in [0, 0.05) is 17.8 Å². The molecule has 1 aliphatic rings. The summed E-state index contributed by atoms with van der Waals surface area (Å²) in [5.74, 6) is 0.704. The summed E-state index contributed by atoms with van der Waals surface area (Å²) in [7, 11) is 0. The number of aliphatic carboxylic acids is 1. The fraction of sp³-hybridized carbons (Fsp3) is 0.533. The van der Waals surface area contributed by atoms with Crippen LogP contribution in [0.15, 0.2) is 23.4 Å². The summed E-state index contributed by atoms with van der Waals surface area (Å²) in [4.78, 5) is 12.5. The van der Waals surface area contributed by atoms with Crippen LogP contribution in [0.2, 0.25) is 0 Å². The van der Waals surface area contributed by atoms with Crippen molar-refractivity contribution in [3.05, 3.63) is 23.4 Å². The zero-order valence-electron chi connectivity index (χ0n) is 12.8. The number of allylic oxidation sites excluding steroid dienone is 2. The van der Waals surface area contributed by atoms with Crippen LogP contribution in [0.1, 0.15) is 27.7 Å². The third kappa shape index (κ3) is 3.83. The van der Waals surface area contributed by atoms with Gasteiger partial charge >= 0.3 is 6.18 Å². The molecule has 1 aliphatic heterocycles. The van der Waals surface area contributed by atoms with E-state index in [1.54, 1.807) is 13.8 Å². The second-order valence-electron chi connectivity index (χ2n) is 5.80. The first-order valence-corrected chi connectivity index (χ1v) is 6.64. The second-order valence-corrected chi connectivity index (χ2v) is 5.80. The number of terminal acetylenes is 1. The van der Waals surface area contributed by atoms with Crippen molar-refractivity contribution in [3.63, 3.8) is 0 Å². The molecule has 0 fully saturated rings. The largest absolute Gasteiger partial charge is 0.545 e. The first kappa shape index (κ1) is 18.1. The highest BCUT2D eigenvalue weighted by Gasteiger charge is 2.41. The number of rotatable bonds is 4. The summed E-state index contributed by atoms with van der Waals surface area (Å²) in [6.07, 6.45) is 1.12. The fourth-order valence-corrected chi connectivity index (χ4v) is 2.03. The third-order valence-electron chi connectivity index (χ3n) is 3.21. The molecule has 1 atom stereocenters. The van der Waals surface area contributed by atoms with Crippen LogP contribution in [0.5, 0.6) is 0 Å². The Bertz CT molecular complexity index is 554. The lowest BCUT2D eigenvalue weighted by Gasteiger charge is -2.45. The molecule has 1 unspecified atom stereocenters. The van der Waals surface area contributed by atoms with E-state index in [1.165, 1.54) is 18.7 Å². The van der Waals surface area contributed by atoms with Gasteiger partial charge in [0.15, 0.2) is 0 Å². The molecule has 0 aliphatic carbocycles.